The summed E-state index contributed by atoms with van der Waals surface area (Å²) < 4.78 is 16.0. The molecule has 2 N–H and O–H groups in total. The SMILES string of the molecule is CNC(=O)COc1cccc(NC(=O)CCc2ccc3c(c2)OCO3)c1. The molecule has 3 rings (SSSR count). The Morgan fingerprint density at radius 3 is 2.77 bits per heavy atom. The summed E-state index contributed by atoms with van der Waals surface area (Å²) in [5.41, 5.74) is 1.63. The van der Waals surface area contributed by atoms with E-state index in [-0.39, 0.29) is 25.2 Å². The lowest BCUT2D eigenvalue weighted by atomic mass is 10.1. The zero-order chi connectivity index (χ0) is 18.4. The molecular formula is C19H20N2O5. The molecule has 2 aromatic rings. The maximum absolute atomic E-state index is 12.2. The topological polar surface area (TPSA) is 85.9 Å². The highest BCUT2D eigenvalue weighted by Gasteiger charge is 2.13. The monoisotopic (exact) mass is 356 g/mol. The van der Waals surface area contributed by atoms with Gasteiger partial charge in [0.2, 0.25) is 12.7 Å². The number of likely N-dealkylation sites (N-methyl/N-ethyl adjacent to an activating group) is 1. The van der Waals surface area contributed by atoms with Crippen LogP contribution in [0, 0.1) is 0 Å². The van der Waals surface area contributed by atoms with E-state index in [1.165, 1.54) is 0 Å². The quantitative estimate of drug-likeness (QED) is 0.794. The van der Waals surface area contributed by atoms with Gasteiger partial charge in [0, 0.05) is 25.2 Å². The molecule has 1 aliphatic rings. The van der Waals surface area contributed by atoms with Crippen LogP contribution in [0.5, 0.6) is 17.2 Å². The van der Waals surface area contributed by atoms with Gasteiger partial charge < -0.3 is 24.8 Å². The summed E-state index contributed by atoms with van der Waals surface area (Å²) in [6, 6.07) is 12.6. The van der Waals surface area contributed by atoms with Gasteiger partial charge in [0.1, 0.15) is 5.75 Å². The first-order valence-electron chi connectivity index (χ1n) is 8.26. The third-order valence-corrected chi connectivity index (χ3v) is 3.84. The van der Waals surface area contributed by atoms with Crippen molar-refractivity contribution < 1.29 is 23.8 Å². The lowest BCUT2D eigenvalue weighted by Gasteiger charge is -2.09. The summed E-state index contributed by atoms with van der Waals surface area (Å²) in [5.74, 6) is 1.63. The normalized spacial score (nSPS) is 11.7. The number of hydrogen-bond acceptors (Lipinski definition) is 5. The van der Waals surface area contributed by atoms with Crippen LogP contribution < -0.4 is 24.8 Å². The van der Waals surface area contributed by atoms with E-state index >= 15 is 0 Å². The molecule has 0 fully saturated rings. The summed E-state index contributed by atoms with van der Waals surface area (Å²) in [6.07, 6.45) is 0.929. The Bertz CT molecular complexity index is 806. The lowest BCUT2D eigenvalue weighted by Crippen LogP contribution is -2.24. The summed E-state index contributed by atoms with van der Waals surface area (Å²) >= 11 is 0. The van der Waals surface area contributed by atoms with Gasteiger partial charge in [-0.3, -0.25) is 9.59 Å². The average Bonchev–Trinajstić information content (AvgIpc) is 3.12. The van der Waals surface area contributed by atoms with Crippen molar-refractivity contribution >= 4 is 17.5 Å². The van der Waals surface area contributed by atoms with Crippen molar-refractivity contribution in [1.82, 2.24) is 5.32 Å². The minimum Gasteiger partial charge on any atom is -0.484 e. The van der Waals surface area contributed by atoms with Crippen molar-refractivity contribution in [2.24, 2.45) is 0 Å². The van der Waals surface area contributed by atoms with Crippen LogP contribution in [0.25, 0.3) is 0 Å². The van der Waals surface area contributed by atoms with Gasteiger partial charge in [-0.2, -0.15) is 0 Å². The van der Waals surface area contributed by atoms with Crippen molar-refractivity contribution in [3.05, 3.63) is 48.0 Å². The Hall–Kier alpha value is -3.22. The highest BCUT2D eigenvalue weighted by Crippen LogP contribution is 2.32. The molecule has 0 saturated heterocycles. The molecule has 0 bridgehead atoms. The number of anilines is 1. The van der Waals surface area contributed by atoms with Crippen LogP contribution in [0.4, 0.5) is 5.69 Å². The highest BCUT2D eigenvalue weighted by atomic mass is 16.7. The third-order valence-electron chi connectivity index (χ3n) is 3.84. The third kappa shape index (κ3) is 4.66. The van der Waals surface area contributed by atoms with Gasteiger partial charge in [0.15, 0.2) is 18.1 Å². The number of carbonyl (C=O) groups excluding carboxylic acids is 2. The minimum atomic E-state index is -0.219. The van der Waals surface area contributed by atoms with Gasteiger partial charge >= 0.3 is 0 Å². The van der Waals surface area contributed by atoms with Crippen LogP contribution in [0.3, 0.4) is 0 Å². The zero-order valence-electron chi connectivity index (χ0n) is 14.4. The Kier molecular flexibility index (Phi) is 5.58. The summed E-state index contributed by atoms with van der Waals surface area (Å²) in [5, 5.41) is 5.31. The molecule has 0 saturated carbocycles. The van der Waals surface area contributed by atoms with E-state index in [4.69, 9.17) is 14.2 Å². The van der Waals surface area contributed by atoms with Crippen LogP contribution in [-0.4, -0.2) is 32.3 Å². The maximum Gasteiger partial charge on any atom is 0.257 e. The Morgan fingerprint density at radius 2 is 1.92 bits per heavy atom. The van der Waals surface area contributed by atoms with Crippen molar-refractivity contribution in [3.63, 3.8) is 0 Å². The molecule has 7 nitrogen and oxygen atoms in total. The zero-order valence-corrected chi connectivity index (χ0v) is 14.4. The Balaban J connectivity index is 1.51. The molecule has 0 atom stereocenters. The van der Waals surface area contributed by atoms with E-state index in [2.05, 4.69) is 10.6 Å². The van der Waals surface area contributed by atoms with Crippen molar-refractivity contribution in [1.29, 1.82) is 0 Å². The van der Waals surface area contributed by atoms with Gasteiger partial charge in [-0.1, -0.05) is 12.1 Å². The predicted octanol–water partition coefficient (Wildman–Crippen LogP) is 2.11. The molecule has 0 aliphatic carbocycles. The van der Waals surface area contributed by atoms with Crippen molar-refractivity contribution in [2.45, 2.75) is 12.8 Å². The van der Waals surface area contributed by atoms with Crippen LogP contribution in [0.2, 0.25) is 0 Å². The number of fused-ring (bicyclic) bond motifs is 1. The molecule has 0 spiro atoms. The van der Waals surface area contributed by atoms with E-state index in [0.717, 1.165) is 11.3 Å². The first-order valence-corrected chi connectivity index (χ1v) is 8.26. The van der Waals surface area contributed by atoms with E-state index < -0.39 is 0 Å². The molecule has 0 unspecified atom stereocenters. The largest absolute Gasteiger partial charge is 0.484 e. The fraction of sp³-hybridized carbons (Fsp3) is 0.263. The molecule has 2 amide bonds. The molecule has 26 heavy (non-hydrogen) atoms. The van der Waals surface area contributed by atoms with E-state index in [0.29, 0.717) is 30.0 Å². The number of aryl methyl sites for hydroxylation is 1. The second-order valence-corrected chi connectivity index (χ2v) is 5.73. The highest BCUT2D eigenvalue weighted by molar-refractivity contribution is 5.91. The van der Waals surface area contributed by atoms with Gasteiger partial charge in [-0.25, -0.2) is 0 Å². The Morgan fingerprint density at radius 1 is 1.08 bits per heavy atom. The number of rotatable bonds is 7. The molecule has 1 aliphatic heterocycles. The molecule has 136 valence electrons. The summed E-state index contributed by atoms with van der Waals surface area (Å²) in [6.45, 7) is 0.162. The van der Waals surface area contributed by atoms with Gasteiger partial charge in [-0.15, -0.1) is 0 Å². The fourth-order valence-corrected chi connectivity index (χ4v) is 2.46. The average molecular weight is 356 g/mol. The summed E-state index contributed by atoms with van der Waals surface area (Å²) in [4.78, 5) is 23.4. The van der Waals surface area contributed by atoms with Crippen LogP contribution in [0.1, 0.15) is 12.0 Å². The molecule has 0 aromatic heterocycles. The van der Waals surface area contributed by atoms with Crippen molar-refractivity contribution in [3.8, 4) is 17.2 Å². The second kappa shape index (κ2) is 8.24. The smallest absolute Gasteiger partial charge is 0.257 e. The van der Waals surface area contributed by atoms with Gasteiger partial charge in [-0.05, 0) is 36.2 Å². The maximum atomic E-state index is 12.2. The number of benzene rings is 2. The molecule has 0 radical (unpaired) electrons. The van der Waals surface area contributed by atoms with Crippen LogP contribution in [-0.2, 0) is 16.0 Å². The first-order chi connectivity index (χ1) is 12.6. The standard InChI is InChI=1S/C19H20N2O5/c1-20-19(23)11-24-15-4-2-3-14(10-15)21-18(22)8-6-13-5-7-16-17(9-13)26-12-25-16/h2-5,7,9-10H,6,8,11-12H2,1H3,(H,20,23)(H,21,22). The van der Waals surface area contributed by atoms with Gasteiger partial charge in [0.25, 0.3) is 5.91 Å². The number of amides is 2. The predicted molar refractivity (Wildman–Crippen MR) is 95.5 cm³/mol. The number of ether oxygens (including phenoxy) is 3. The Labute approximate surface area is 151 Å². The van der Waals surface area contributed by atoms with Crippen LogP contribution in [0.15, 0.2) is 42.5 Å². The van der Waals surface area contributed by atoms with E-state index in [9.17, 15) is 9.59 Å². The van der Waals surface area contributed by atoms with Gasteiger partial charge in [0.05, 0.1) is 0 Å². The first kappa shape index (κ1) is 17.6. The number of hydrogen-bond donors (Lipinski definition) is 2. The number of carbonyl (C=O) groups is 2. The molecule has 1 heterocycles. The van der Waals surface area contributed by atoms with E-state index in [1.807, 2.05) is 18.2 Å². The minimum absolute atomic E-state index is 0.0714. The number of nitrogens with one attached hydrogen (secondary N) is 2. The van der Waals surface area contributed by atoms with Crippen molar-refractivity contribution in [2.75, 3.05) is 25.8 Å². The van der Waals surface area contributed by atoms with Crippen LogP contribution >= 0.6 is 0 Å². The summed E-state index contributed by atoms with van der Waals surface area (Å²) in [7, 11) is 1.54. The lowest BCUT2D eigenvalue weighted by molar-refractivity contribution is -0.122. The molecular weight excluding hydrogens is 336 g/mol. The van der Waals surface area contributed by atoms with E-state index in [1.54, 1.807) is 31.3 Å². The fourth-order valence-electron chi connectivity index (χ4n) is 2.46. The second-order valence-electron chi connectivity index (χ2n) is 5.73. The molecule has 2 aromatic carbocycles. The molecule has 7 heteroatoms.